The number of hydrogen-bond acceptors (Lipinski definition) is 4. The molecule has 0 aliphatic heterocycles. The van der Waals surface area contributed by atoms with Crippen molar-refractivity contribution in [1.82, 2.24) is 5.48 Å². The van der Waals surface area contributed by atoms with E-state index in [2.05, 4.69) is 16.6 Å². The van der Waals surface area contributed by atoms with Gasteiger partial charge in [0.25, 0.3) is 5.88 Å². The summed E-state index contributed by atoms with van der Waals surface area (Å²) >= 11 is 0. The molecule has 0 aliphatic rings. The highest BCUT2D eigenvalue weighted by Gasteiger charge is 2.08. The monoisotopic (exact) mass is 164 g/mol. The van der Waals surface area contributed by atoms with Gasteiger partial charge in [-0.15, -0.1) is 0 Å². The molecule has 0 saturated carbocycles. The van der Waals surface area contributed by atoms with Crippen molar-refractivity contribution in [2.24, 2.45) is 0 Å². The van der Waals surface area contributed by atoms with Gasteiger partial charge in [-0.2, -0.15) is 0 Å². The predicted molar refractivity (Wildman–Crippen MR) is 38.5 cm³/mol. The van der Waals surface area contributed by atoms with E-state index in [1.54, 1.807) is 0 Å². The first-order chi connectivity index (χ1) is 4.66. The second-order valence-corrected chi connectivity index (χ2v) is 2.55. The average Bonchev–Trinajstić information content (AvgIpc) is 1.82. The minimum atomic E-state index is -1.65. The van der Waals surface area contributed by atoms with Gasteiger partial charge in [-0.25, -0.2) is 10.0 Å². The van der Waals surface area contributed by atoms with Crippen molar-refractivity contribution in [3.63, 3.8) is 0 Å². The number of hydroxylamine groups is 1. The van der Waals surface area contributed by atoms with E-state index < -0.39 is 8.03 Å². The summed E-state index contributed by atoms with van der Waals surface area (Å²) in [5.41, 5.74) is 2.36. The summed E-state index contributed by atoms with van der Waals surface area (Å²) in [5, 5.41) is 0. The van der Waals surface area contributed by atoms with E-state index in [4.69, 9.17) is 4.84 Å². The summed E-state index contributed by atoms with van der Waals surface area (Å²) in [7, 11) is -1.65. The largest absolute Gasteiger partial charge is 0.554 e. The van der Waals surface area contributed by atoms with Gasteiger partial charge in [-0.3, -0.25) is 4.84 Å². The Labute approximate surface area is 61.0 Å². The van der Waals surface area contributed by atoms with Gasteiger partial charge < -0.3 is 0 Å². The van der Waals surface area contributed by atoms with Crippen LogP contribution >= 0.6 is 8.03 Å². The van der Waals surface area contributed by atoms with Gasteiger partial charge in [-0.05, 0) is 18.1 Å². The molecular weight excluding hydrogens is 153 g/mol. The van der Waals surface area contributed by atoms with E-state index >= 15 is 0 Å². The van der Waals surface area contributed by atoms with Crippen LogP contribution in [0.15, 0.2) is 12.5 Å². The van der Waals surface area contributed by atoms with Crippen LogP contribution in [0, 0.1) is 0 Å². The molecule has 0 radical (unpaired) electrons. The van der Waals surface area contributed by atoms with E-state index in [0.717, 1.165) is 0 Å². The first-order valence-electron chi connectivity index (χ1n) is 2.82. The minimum absolute atomic E-state index is 0.172. The third-order valence-electron chi connectivity index (χ3n) is 0.569. The van der Waals surface area contributed by atoms with Crippen LogP contribution in [0.1, 0.15) is 6.92 Å². The normalized spacial score (nSPS) is 10.4. The highest BCUT2D eigenvalue weighted by Crippen LogP contribution is 2.17. The molecule has 0 aliphatic carbocycles. The zero-order valence-electron chi connectivity index (χ0n) is 6.09. The Kier molecular flexibility index (Phi) is 4.89. The molecule has 1 unspecified atom stereocenters. The van der Waals surface area contributed by atoms with Crippen molar-refractivity contribution >= 4 is 8.03 Å². The van der Waals surface area contributed by atoms with Crippen LogP contribution in [0.5, 0.6) is 0 Å². The zero-order valence-corrected chi connectivity index (χ0v) is 6.98. The second-order valence-electron chi connectivity index (χ2n) is 1.49. The van der Waals surface area contributed by atoms with Crippen molar-refractivity contribution in [3.8, 4) is 0 Å². The molecule has 0 rings (SSSR count). The Morgan fingerprint density at radius 1 is 1.80 bits per heavy atom. The van der Waals surface area contributed by atoms with Gasteiger partial charge in [0.1, 0.15) is 0 Å². The lowest BCUT2D eigenvalue weighted by Crippen LogP contribution is -2.13. The quantitative estimate of drug-likeness (QED) is 0.379. The second kappa shape index (κ2) is 5.21. The lowest BCUT2D eigenvalue weighted by atomic mass is 10.9. The molecule has 4 nitrogen and oxygen atoms in total. The molecule has 0 amide bonds. The van der Waals surface area contributed by atoms with Crippen molar-refractivity contribution in [2.75, 3.05) is 13.3 Å². The fraction of sp³-hybridized carbons (Fsp3) is 0.600. The predicted octanol–water partition coefficient (Wildman–Crippen LogP) is 1.39. The van der Waals surface area contributed by atoms with E-state index in [1.807, 2.05) is 6.92 Å². The Morgan fingerprint density at radius 2 is 2.40 bits per heavy atom. The van der Waals surface area contributed by atoms with Gasteiger partial charge in [-0.1, -0.05) is 0 Å². The van der Waals surface area contributed by atoms with E-state index in [9.17, 15) is 4.57 Å². The fourth-order valence-corrected chi connectivity index (χ4v) is 0.674. The zero-order chi connectivity index (χ0) is 7.98. The maximum absolute atomic E-state index is 10.4. The van der Waals surface area contributed by atoms with Gasteiger partial charge >= 0.3 is 8.03 Å². The molecule has 0 aromatic heterocycles. The molecule has 0 aromatic rings. The topological polar surface area (TPSA) is 47.6 Å². The van der Waals surface area contributed by atoms with E-state index in [-0.39, 0.29) is 5.88 Å². The van der Waals surface area contributed by atoms with Crippen LogP contribution in [0.25, 0.3) is 0 Å². The maximum Gasteiger partial charge on any atom is 0.554 e. The molecule has 0 fully saturated rings. The van der Waals surface area contributed by atoms with Crippen LogP contribution < -0.4 is 5.48 Å². The van der Waals surface area contributed by atoms with Crippen LogP contribution in [-0.2, 0) is 13.9 Å². The lowest BCUT2D eigenvalue weighted by molar-refractivity contribution is 0.0487. The van der Waals surface area contributed by atoms with Crippen molar-refractivity contribution < 1.29 is 13.9 Å². The first-order valence-corrected chi connectivity index (χ1v) is 4.44. The van der Waals surface area contributed by atoms with Crippen molar-refractivity contribution in [2.45, 2.75) is 6.92 Å². The Bertz CT molecular complexity index is 137. The fourth-order valence-electron chi connectivity index (χ4n) is 0.326. The van der Waals surface area contributed by atoms with Crippen LogP contribution in [-0.4, -0.2) is 13.3 Å². The maximum atomic E-state index is 10.4. The molecule has 0 spiro atoms. The van der Waals surface area contributed by atoms with Crippen LogP contribution in [0.3, 0.4) is 0 Å². The van der Waals surface area contributed by atoms with E-state index in [1.165, 1.54) is 6.66 Å². The Morgan fingerprint density at radius 3 is 2.80 bits per heavy atom. The molecule has 58 valence electrons. The number of hydrogen-bond donors (Lipinski definition) is 1. The first kappa shape index (κ1) is 9.40. The molecule has 0 heterocycles. The van der Waals surface area contributed by atoms with E-state index in [0.29, 0.717) is 6.61 Å². The molecule has 1 atom stereocenters. The van der Waals surface area contributed by atoms with Gasteiger partial charge in [0.05, 0.1) is 6.61 Å². The molecule has 0 saturated heterocycles. The molecule has 1 N–H and O–H groups in total. The summed E-state index contributed by atoms with van der Waals surface area (Å²) in [5.74, 6) is 0.172. The highest BCUT2D eigenvalue weighted by atomic mass is 31.1. The molecule has 0 bridgehead atoms. The molecular formula is C5H11NO3P+. The summed E-state index contributed by atoms with van der Waals surface area (Å²) in [4.78, 5) is 4.69. The summed E-state index contributed by atoms with van der Waals surface area (Å²) in [6, 6.07) is 0. The molecule has 10 heavy (non-hydrogen) atoms. The Hall–Kier alpha value is -0.600. The van der Waals surface area contributed by atoms with Gasteiger partial charge in [0.15, 0.2) is 6.66 Å². The van der Waals surface area contributed by atoms with Gasteiger partial charge in [0.2, 0.25) is 0 Å². The average molecular weight is 164 g/mol. The van der Waals surface area contributed by atoms with Gasteiger partial charge in [0, 0.05) is 0 Å². The highest BCUT2D eigenvalue weighted by molar-refractivity contribution is 7.38. The smallest absolute Gasteiger partial charge is 0.274 e. The van der Waals surface area contributed by atoms with Crippen molar-refractivity contribution in [1.29, 1.82) is 0 Å². The Balaban J connectivity index is 3.35. The lowest BCUT2D eigenvalue weighted by Gasteiger charge is -2.00. The number of nitrogens with one attached hydrogen (secondary N) is 1. The molecule has 5 heteroatoms. The summed E-state index contributed by atoms with van der Waals surface area (Å²) < 4.78 is 15.0. The third-order valence-corrected chi connectivity index (χ3v) is 1.05. The summed E-state index contributed by atoms with van der Waals surface area (Å²) in [6.07, 6.45) is 0. The molecule has 0 aromatic carbocycles. The summed E-state index contributed by atoms with van der Waals surface area (Å²) in [6.45, 7) is 7.14. The van der Waals surface area contributed by atoms with Crippen LogP contribution in [0.2, 0.25) is 0 Å². The standard InChI is InChI=1S/C5H11NO3P/c1-4-8-6-5(2)9-10(3)7/h6H,2,4H2,1,3H3/q+1. The number of rotatable bonds is 5. The minimum Gasteiger partial charge on any atom is -0.274 e. The third kappa shape index (κ3) is 5.54. The SMILES string of the molecule is C=C(NOCC)O[P+](C)=O. The van der Waals surface area contributed by atoms with Crippen LogP contribution in [0.4, 0.5) is 0 Å². The van der Waals surface area contributed by atoms with Crippen molar-refractivity contribution in [3.05, 3.63) is 12.5 Å².